The molecule has 0 saturated carbocycles. The highest BCUT2D eigenvalue weighted by atomic mass is 16.4. The van der Waals surface area contributed by atoms with Gasteiger partial charge >= 0.3 is 12.0 Å². The molecule has 1 aliphatic heterocycles. The van der Waals surface area contributed by atoms with Crippen LogP contribution in [0.2, 0.25) is 0 Å². The SMILES string of the molecule is Cc1ccc(NC(=O)N2CCc3[nH]nc(C(=O)O)c3C2)cc1. The number of aromatic amines is 1. The summed E-state index contributed by atoms with van der Waals surface area (Å²) in [6, 6.07) is 7.27. The molecule has 0 radical (unpaired) electrons. The van der Waals surface area contributed by atoms with E-state index in [4.69, 9.17) is 5.11 Å². The Hall–Kier alpha value is -2.83. The molecule has 0 saturated heterocycles. The highest BCUT2D eigenvalue weighted by molar-refractivity contribution is 5.90. The molecule has 1 aliphatic rings. The maximum Gasteiger partial charge on any atom is 0.356 e. The van der Waals surface area contributed by atoms with Crippen molar-refractivity contribution in [2.75, 3.05) is 11.9 Å². The number of aromatic carboxylic acids is 1. The number of H-pyrrole nitrogens is 1. The number of aryl methyl sites for hydroxylation is 1. The van der Waals surface area contributed by atoms with E-state index in [0.29, 0.717) is 24.2 Å². The van der Waals surface area contributed by atoms with E-state index in [9.17, 15) is 9.59 Å². The minimum absolute atomic E-state index is 0.0113. The lowest BCUT2D eigenvalue weighted by molar-refractivity contribution is 0.0688. The number of carboxylic acid groups (broad SMARTS) is 1. The summed E-state index contributed by atoms with van der Waals surface area (Å²) in [5.41, 5.74) is 3.19. The lowest BCUT2D eigenvalue weighted by atomic mass is 10.1. The summed E-state index contributed by atoms with van der Waals surface area (Å²) in [7, 11) is 0. The average molecular weight is 300 g/mol. The fourth-order valence-corrected chi connectivity index (χ4v) is 2.48. The fraction of sp³-hybridized carbons (Fsp3) is 0.267. The first-order chi connectivity index (χ1) is 10.5. The minimum atomic E-state index is -1.08. The van der Waals surface area contributed by atoms with Crippen LogP contribution in [0.4, 0.5) is 10.5 Å². The molecule has 1 aromatic heterocycles. The van der Waals surface area contributed by atoms with Crippen LogP contribution < -0.4 is 5.32 Å². The van der Waals surface area contributed by atoms with Gasteiger partial charge in [-0.05, 0) is 19.1 Å². The van der Waals surface area contributed by atoms with Gasteiger partial charge in [0.15, 0.2) is 5.69 Å². The molecule has 0 aliphatic carbocycles. The Labute approximate surface area is 126 Å². The number of aromatic nitrogens is 2. The van der Waals surface area contributed by atoms with Crippen LogP contribution in [0.5, 0.6) is 0 Å². The number of rotatable bonds is 2. The third-order valence-electron chi connectivity index (χ3n) is 3.73. The van der Waals surface area contributed by atoms with Crippen molar-refractivity contribution in [1.29, 1.82) is 0 Å². The molecule has 2 aromatic rings. The van der Waals surface area contributed by atoms with E-state index in [1.54, 1.807) is 4.90 Å². The van der Waals surface area contributed by atoms with Gasteiger partial charge in [-0.1, -0.05) is 17.7 Å². The highest BCUT2D eigenvalue weighted by Gasteiger charge is 2.27. The Balaban J connectivity index is 1.73. The number of anilines is 1. The summed E-state index contributed by atoms with van der Waals surface area (Å²) >= 11 is 0. The second kappa shape index (κ2) is 5.51. The molecule has 0 fully saturated rings. The Bertz CT molecular complexity index is 721. The maximum absolute atomic E-state index is 12.3. The van der Waals surface area contributed by atoms with Crippen molar-refractivity contribution >= 4 is 17.7 Å². The number of carbonyl (C=O) groups excluding carboxylic acids is 1. The molecule has 0 bridgehead atoms. The van der Waals surface area contributed by atoms with Crippen LogP contribution in [0, 0.1) is 6.92 Å². The van der Waals surface area contributed by atoms with Crippen LogP contribution in [-0.2, 0) is 13.0 Å². The Kier molecular flexibility index (Phi) is 3.54. The van der Waals surface area contributed by atoms with Gasteiger partial charge in [0.1, 0.15) is 0 Å². The van der Waals surface area contributed by atoms with Crippen LogP contribution >= 0.6 is 0 Å². The summed E-state index contributed by atoms with van der Waals surface area (Å²) in [6.45, 7) is 2.74. The van der Waals surface area contributed by atoms with Gasteiger partial charge in [0.05, 0.1) is 6.54 Å². The van der Waals surface area contributed by atoms with E-state index in [1.165, 1.54) is 0 Å². The number of nitrogens with one attached hydrogen (secondary N) is 2. The first-order valence-corrected chi connectivity index (χ1v) is 6.96. The Morgan fingerprint density at radius 2 is 2.05 bits per heavy atom. The zero-order chi connectivity index (χ0) is 15.7. The van der Waals surface area contributed by atoms with Crippen molar-refractivity contribution in [3.63, 3.8) is 0 Å². The standard InChI is InChI=1S/C15H16N4O3/c1-9-2-4-10(5-3-9)16-15(22)19-7-6-12-11(8-19)13(14(20)21)18-17-12/h2-5H,6-8H2,1H3,(H,16,22)(H,17,18)(H,20,21). The smallest absolute Gasteiger partial charge is 0.356 e. The molecule has 0 spiro atoms. The molecule has 114 valence electrons. The van der Waals surface area contributed by atoms with E-state index >= 15 is 0 Å². The summed E-state index contributed by atoms with van der Waals surface area (Å²) in [5, 5.41) is 18.5. The van der Waals surface area contributed by atoms with Crippen molar-refractivity contribution in [3.8, 4) is 0 Å². The normalized spacial score (nSPS) is 13.6. The molecular formula is C15H16N4O3. The van der Waals surface area contributed by atoms with E-state index in [1.807, 2.05) is 31.2 Å². The van der Waals surface area contributed by atoms with Gasteiger partial charge in [0, 0.05) is 29.9 Å². The molecule has 7 heteroatoms. The van der Waals surface area contributed by atoms with Crippen LogP contribution in [0.3, 0.4) is 0 Å². The number of hydrogen-bond acceptors (Lipinski definition) is 3. The van der Waals surface area contributed by atoms with Crippen molar-refractivity contribution < 1.29 is 14.7 Å². The summed E-state index contributed by atoms with van der Waals surface area (Å²) in [5.74, 6) is -1.08. The number of amides is 2. The topological polar surface area (TPSA) is 98.3 Å². The van der Waals surface area contributed by atoms with Gasteiger partial charge in [-0.3, -0.25) is 5.10 Å². The molecule has 1 aromatic carbocycles. The molecular weight excluding hydrogens is 284 g/mol. The number of benzene rings is 1. The zero-order valence-corrected chi connectivity index (χ0v) is 12.1. The molecule has 3 rings (SSSR count). The largest absolute Gasteiger partial charge is 0.476 e. The Morgan fingerprint density at radius 1 is 1.32 bits per heavy atom. The molecule has 2 amide bonds. The van der Waals surface area contributed by atoms with Crippen LogP contribution in [0.15, 0.2) is 24.3 Å². The van der Waals surface area contributed by atoms with Gasteiger partial charge in [-0.2, -0.15) is 5.10 Å². The number of nitrogens with zero attached hydrogens (tertiary/aromatic N) is 2. The predicted octanol–water partition coefficient (Wildman–Crippen LogP) is 2.01. The summed E-state index contributed by atoms with van der Waals surface area (Å²) in [4.78, 5) is 25.0. The first-order valence-electron chi connectivity index (χ1n) is 6.96. The second-order valence-corrected chi connectivity index (χ2v) is 5.30. The maximum atomic E-state index is 12.3. The van der Waals surface area contributed by atoms with Gasteiger partial charge in [0.25, 0.3) is 0 Å². The van der Waals surface area contributed by atoms with E-state index in [2.05, 4.69) is 15.5 Å². The summed E-state index contributed by atoms with van der Waals surface area (Å²) < 4.78 is 0. The second-order valence-electron chi connectivity index (χ2n) is 5.30. The number of carbonyl (C=O) groups is 2. The summed E-state index contributed by atoms with van der Waals surface area (Å²) in [6.07, 6.45) is 0.566. The molecule has 0 unspecified atom stereocenters. The molecule has 3 N–H and O–H groups in total. The van der Waals surface area contributed by atoms with Crippen LogP contribution in [0.25, 0.3) is 0 Å². The minimum Gasteiger partial charge on any atom is -0.476 e. The molecule has 22 heavy (non-hydrogen) atoms. The predicted molar refractivity (Wildman–Crippen MR) is 79.9 cm³/mol. The van der Waals surface area contributed by atoms with Gasteiger partial charge in [-0.15, -0.1) is 0 Å². The van der Waals surface area contributed by atoms with Crippen molar-refractivity contribution in [1.82, 2.24) is 15.1 Å². The monoisotopic (exact) mass is 300 g/mol. The van der Waals surface area contributed by atoms with Crippen molar-refractivity contribution in [2.24, 2.45) is 0 Å². The van der Waals surface area contributed by atoms with E-state index < -0.39 is 5.97 Å². The lowest BCUT2D eigenvalue weighted by Crippen LogP contribution is -2.39. The van der Waals surface area contributed by atoms with Gasteiger partial charge in [-0.25, -0.2) is 9.59 Å². The van der Waals surface area contributed by atoms with E-state index in [0.717, 1.165) is 11.3 Å². The first kappa shape index (κ1) is 14.1. The number of hydrogen-bond donors (Lipinski definition) is 3. The van der Waals surface area contributed by atoms with Crippen LogP contribution in [0.1, 0.15) is 27.3 Å². The highest BCUT2D eigenvalue weighted by Crippen LogP contribution is 2.21. The van der Waals surface area contributed by atoms with Crippen LogP contribution in [-0.4, -0.2) is 38.7 Å². The van der Waals surface area contributed by atoms with Crippen molar-refractivity contribution in [2.45, 2.75) is 19.9 Å². The lowest BCUT2D eigenvalue weighted by Gasteiger charge is -2.27. The third-order valence-corrected chi connectivity index (χ3v) is 3.73. The average Bonchev–Trinajstić information content (AvgIpc) is 2.92. The number of urea groups is 1. The molecule has 2 heterocycles. The van der Waals surface area contributed by atoms with Gasteiger partial charge in [0.2, 0.25) is 0 Å². The quantitative estimate of drug-likeness (QED) is 0.790. The number of fused-ring (bicyclic) bond motifs is 1. The van der Waals surface area contributed by atoms with Gasteiger partial charge < -0.3 is 15.3 Å². The fourth-order valence-electron chi connectivity index (χ4n) is 2.48. The van der Waals surface area contributed by atoms with E-state index in [-0.39, 0.29) is 18.3 Å². The Morgan fingerprint density at radius 3 is 2.73 bits per heavy atom. The van der Waals surface area contributed by atoms with Crippen molar-refractivity contribution in [3.05, 3.63) is 46.8 Å². The number of carboxylic acids is 1. The zero-order valence-electron chi connectivity index (χ0n) is 12.1. The molecule has 7 nitrogen and oxygen atoms in total. The molecule has 0 atom stereocenters. The third kappa shape index (κ3) is 2.65.